The van der Waals surface area contributed by atoms with Crippen LogP contribution in [0.25, 0.3) is 0 Å². The molecule has 142 valence electrons. The van der Waals surface area contributed by atoms with Crippen molar-refractivity contribution in [2.45, 2.75) is 25.4 Å². The summed E-state index contributed by atoms with van der Waals surface area (Å²) in [5, 5.41) is 0. The number of hydrogen-bond donors (Lipinski definition) is 0. The summed E-state index contributed by atoms with van der Waals surface area (Å²) in [5.41, 5.74) is 5.13. The van der Waals surface area contributed by atoms with Crippen molar-refractivity contribution in [2.24, 2.45) is 0 Å². The fourth-order valence-corrected chi connectivity index (χ4v) is 4.60. The van der Waals surface area contributed by atoms with E-state index in [1.54, 1.807) is 21.3 Å². The lowest BCUT2D eigenvalue weighted by atomic mass is 9.83. The van der Waals surface area contributed by atoms with Gasteiger partial charge < -0.3 is 23.7 Å². The molecule has 0 aliphatic carbocycles. The van der Waals surface area contributed by atoms with Crippen LogP contribution < -0.4 is 23.7 Å². The molecule has 0 spiro atoms. The average molecular weight is 369 g/mol. The van der Waals surface area contributed by atoms with Gasteiger partial charge in [0.2, 0.25) is 12.5 Å². The van der Waals surface area contributed by atoms with E-state index in [9.17, 15) is 0 Å². The number of methoxy groups -OCH3 is 3. The lowest BCUT2D eigenvalue weighted by Gasteiger charge is -2.42. The Kier molecular flexibility index (Phi) is 3.82. The first-order valence-corrected chi connectivity index (χ1v) is 9.20. The SMILES string of the molecule is COc1cc2c(c(OC)c1OC)CN1CCc3cc4c(cc3C1C2)OCO4. The second-order valence-corrected chi connectivity index (χ2v) is 7.13. The number of rotatable bonds is 3. The van der Waals surface area contributed by atoms with E-state index in [2.05, 4.69) is 23.1 Å². The highest BCUT2D eigenvalue weighted by Gasteiger charge is 2.36. The minimum atomic E-state index is 0.309. The first kappa shape index (κ1) is 16.6. The van der Waals surface area contributed by atoms with Gasteiger partial charge >= 0.3 is 0 Å². The average Bonchev–Trinajstić information content (AvgIpc) is 3.16. The minimum Gasteiger partial charge on any atom is -0.493 e. The van der Waals surface area contributed by atoms with Crippen LogP contribution in [0.15, 0.2) is 18.2 Å². The van der Waals surface area contributed by atoms with Crippen LogP contribution in [0.3, 0.4) is 0 Å². The molecular formula is C21H23NO5. The van der Waals surface area contributed by atoms with Crippen molar-refractivity contribution >= 4 is 0 Å². The maximum Gasteiger partial charge on any atom is 0.231 e. The molecule has 3 heterocycles. The molecule has 2 aromatic carbocycles. The normalized spacial score (nSPS) is 19.7. The number of ether oxygens (including phenoxy) is 5. The van der Waals surface area contributed by atoms with Gasteiger partial charge in [0.1, 0.15) is 0 Å². The topological polar surface area (TPSA) is 49.4 Å². The molecule has 0 amide bonds. The highest BCUT2D eigenvalue weighted by molar-refractivity contribution is 5.61. The first-order chi connectivity index (χ1) is 13.2. The second-order valence-electron chi connectivity index (χ2n) is 7.13. The maximum atomic E-state index is 5.72. The fourth-order valence-electron chi connectivity index (χ4n) is 4.60. The van der Waals surface area contributed by atoms with Gasteiger partial charge in [-0.05, 0) is 47.7 Å². The zero-order valence-corrected chi connectivity index (χ0v) is 15.8. The third kappa shape index (κ3) is 2.43. The Bertz CT molecular complexity index is 910. The van der Waals surface area contributed by atoms with Crippen molar-refractivity contribution in [2.75, 3.05) is 34.7 Å². The van der Waals surface area contributed by atoms with Crippen molar-refractivity contribution in [3.8, 4) is 28.7 Å². The molecule has 5 rings (SSSR count). The highest BCUT2D eigenvalue weighted by atomic mass is 16.7. The van der Waals surface area contributed by atoms with E-state index < -0.39 is 0 Å². The molecule has 0 saturated heterocycles. The van der Waals surface area contributed by atoms with Gasteiger partial charge in [0, 0.05) is 24.7 Å². The van der Waals surface area contributed by atoms with Crippen molar-refractivity contribution < 1.29 is 23.7 Å². The summed E-state index contributed by atoms with van der Waals surface area (Å²) in [7, 11) is 5.00. The summed E-state index contributed by atoms with van der Waals surface area (Å²) >= 11 is 0. The smallest absolute Gasteiger partial charge is 0.231 e. The Morgan fingerprint density at radius 1 is 0.926 bits per heavy atom. The lowest BCUT2D eigenvalue weighted by molar-refractivity contribution is 0.157. The molecule has 2 aromatic rings. The monoisotopic (exact) mass is 369 g/mol. The zero-order valence-electron chi connectivity index (χ0n) is 15.8. The minimum absolute atomic E-state index is 0.309. The van der Waals surface area contributed by atoms with Crippen LogP contribution in [-0.2, 0) is 19.4 Å². The molecular weight excluding hydrogens is 346 g/mol. The number of nitrogens with zero attached hydrogens (tertiary/aromatic N) is 1. The molecule has 1 unspecified atom stereocenters. The van der Waals surface area contributed by atoms with E-state index in [-0.39, 0.29) is 0 Å². The van der Waals surface area contributed by atoms with Crippen molar-refractivity contribution in [3.63, 3.8) is 0 Å². The number of benzene rings is 2. The Balaban J connectivity index is 1.60. The Hall–Kier alpha value is -2.60. The lowest BCUT2D eigenvalue weighted by Crippen LogP contribution is -2.39. The van der Waals surface area contributed by atoms with Gasteiger partial charge in [-0.2, -0.15) is 0 Å². The predicted molar refractivity (Wildman–Crippen MR) is 99.2 cm³/mol. The maximum absolute atomic E-state index is 5.72. The van der Waals surface area contributed by atoms with Gasteiger partial charge in [-0.3, -0.25) is 4.90 Å². The van der Waals surface area contributed by atoms with Gasteiger partial charge in [0.05, 0.1) is 21.3 Å². The summed E-state index contributed by atoms with van der Waals surface area (Å²) in [6.45, 7) is 2.15. The van der Waals surface area contributed by atoms with E-state index in [1.807, 2.05) is 0 Å². The second kappa shape index (κ2) is 6.23. The molecule has 0 aromatic heterocycles. The molecule has 27 heavy (non-hydrogen) atoms. The number of hydrogen-bond acceptors (Lipinski definition) is 6. The summed E-state index contributed by atoms with van der Waals surface area (Å²) < 4.78 is 28.0. The first-order valence-electron chi connectivity index (χ1n) is 9.20. The Labute approximate surface area is 158 Å². The predicted octanol–water partition coefficient (Wildman–Crippen LogP) is 3.10. The van der Waals surface area contributed by atoms with Gasteiger partial charge in [-0.25, -0.2) is 0 Å². The quantitative estimate of drug-likeness (QED) is 0.829. The number of fused-ring (bicyclic) bond motifs is 5. The van der Waals surface area contributed by atoms with Crippen LogP contribution in [0, 0.1) is 0 Å². The molecule has 0 fully saturated rings. The van der Waals surface area contributed by atoms with Crippen LogP contribution in [0.5, 0.6) is 28.7 Å². The molecule has 3 aliphatic heterocycles. The fraction of sp³-hybridized carbons (Fsp3) is 0.429. The van der Waals surface area contributed by atoms with E-state index >= 15 is 0 Å². The summed E-state index contributed by atoms with van der Waals surface area (Å²) in [6, 6.07) is 6.73. The third-order valence-corrected chi connectivity index (χ3v) is 5.90. The molecule has 6 heteroatoms. The summed E-state index contributed by atoms with van der Waals surface area (Å²) in [4.78, 5) is 2.52. The Morgan fingerprint density at radius 2 is 1.70 bits per heavy atom. The van der Waals surface area contributed by atoms with E-state index in [0.717, 1.165) is 43.2 Å². The molecule has 0 saturated carbocycles. The van der Waals surface area contributed by atoms with Crippen molar-refractivity contribution in [1.29, 1.82) is 0 Å². The van der Waals surface area contributed by atoms with Gasteiger partial charge in [0.25, 0.3) is 0 Å². The van der Waals surface area contributed by atoms with Crippen LogP contribution in [0.2, 0.25) is 0 Å². The van der Waals surface area contributed by atoms with Gasteiger partial charge in [0.15, 0.2) is 23.0 Å². The molecule has 6 nitrogen and oxygen atoms in total. The largest absolute Gasteiger partial charge is 0.493 e. The molecule has 0 radical (unpaired) electrons. The van der Waals surface area contributed by atoms with Crippen molar-refractivity contribution in [1.82, 2.24) is 4.90 Å². The standard InChI is InChI=1S/C21H23NO5/c1-23-19-8-13-6-16-14-9-18-17(26-11-27-18)7-12(14)4-5-22(16)10-15(13)20(24-2)21(19)25-3/h7-9,16H,4-6,10-11H2,1-3H3. The van der Waals surface area contributed by atoms with E-state index in [1.165, 1.54) is 22.3 Å². The highest BCUT2D eigenvalue weighted by Crippen LogP contribution is 2.49. The Morgan fingerprint density at radius 3 is 2.44 bits per heavy atom. The van der Waals surface area contributed by atoms with Gasteiger partial charge in [-0.15, -0.1) is 0 Å². The van der Waals surface area contributed by atoms with Crippen LogP contribution in [0.1, 0.15) is 28.3 Å². The van der Waals surface area contributed by atoms with Gasteiger partial charge in [-0.1, -0.05) is 0 Å². The summed E-state index contributed by atoms with van der Waals surface area (Å²) in [6.07, 6.45) is 1.91. The van der Waals surface area contributed by atoms with Crippen LogP contribution >= 0.6 is 0 Å². The third-order valence-electron chi connectivity index (χ3n) is 5.90. The zero-order chi connectivity index (χ0) is 18.5. The summed E-state index contributed by atoms with van der Waals surface area (Å²) in [5.74, 6) is 3.88. The van der Waals surface area contributed by atoms with Crippen molar-refractivity contribution in [3.05, 3.63) is 40.5 Å². The van der Waals surface area contributed by atoms with E-state index in [4.69, 9.17) is 23.7 Å². The van der Waals surface area contributed by atoms with Crippen LogP contribution in [0.4, 0.5) is 0 Å². The molecule has 1 atom stereocenters. The molecule has 0 bridgehead atoms. The van der Waals surface area contributed by atoms with E-state index in [0.29, 0.717) is 24.3 Å². The van der Waals surface area contributed by atoms with Crippen LogP contribution in [-0.4, -0.2) is 39.6 Å². The molecule has 0 N–H and O–H groups in total. The molecule has 3 aliphatic rings.